The highest BCUT2D eigenvalue weighted by molar-refractivity contribution is 6.18. The lowest BCUT2D eigenvalue weighted by atomic mass is 9.98. The Kier molecular flexibility index (Phi) is 4.91. The quantitative estimate of drug-likeness (QED) is 0.531. The number of hydrogen-bond acceptors (Lipinski definition) is 0. The summed E-state index contributed by atoms with van der Waals surface area (Å²) in [5.74, 6) is 0.869. The van der Waals surface area contributed by atoms with Crippen molar-refractivity contribution in [2.24, 2.45) is 0 Å². The molecule has 2 aromatic carbocycles. The van der Waals surface area contributed by atoms with E-state index in [0.717, 1.165) is 28.7 Å². The van der Waals surface area contributed by atoms with E-state index in [0.29, 0.717) is 11.8 Å². The molecule has 1 aliphatic carbocycles. The predicted octanol–water partition coefficient (Wildman–Crippen LogP) is 6.91. The fraction of sp³-hybridized carbons (Fsp3) is 0.273. The molecule has 3 rings (SSSR count). The molecule has 0 amide bonds. The molecule has 0 aliphatic heterocycles. The van der Waals surface area contributed by atoms with Gasteiger partial charge >= 0.3 is 0 Å². The molecule has 2 aromatic rings. The predicted molar refractivity (Wildman–Crippen MR) is 103 cm³/mol. The summed E-state index contributed by atoms with van der Waals surface area (Å²) >= 11 is 5.96. The monoisotopic (exact) mass is 340 g/mol. The molecule has 0 heterocycles. The van der Waals surface area contributed by atoms with Gasteiger partial charge in [0.15, 0.2) is 0 Å². The second-order valence-corrected chi connectivity index (χ2v) is 6.99. The second-order valence-electron chi connectivity index (χ2n) is 6.61. The third kappa shape index (κ3) is 3.18. The van der Waals surface area contributed by atoms with Gasteiger partial charge in [0.1, 0.15) is 5.82 Å². The van der Waals surface area contributed by atoms with Crippen molar-refractivity contribution in [3.8, 4) is 0 Å². The zero-order valence-electron chi connectivity index (χ0n) is 14.4. The Morgan fingerprint density at radius 3 is 2.38 bits per heavy atom. The van der Waals surface area contributed by atoms with Crippen molar-refractivity contribution in [1.29, 1.82) is 0 Å². The Morgan fingerprint density at radius 2 is 1.75 bits per heavy atom. The minimum absolute atomic E-state index is 0.198. The molecule has 2 heteroatoms. The molecule has 0 saturated carbocycles. The first-order valence-electron chi connectivity index (χ1n) is 8.39. The maximum atomic E-state index is 13.7. The summed E-state index contributed by atoms with van der Waals surface area (Å²) in [7, 11) is 0. The molecule has 1 aliphatic rings. The molecule has 124 valence electrons. The van der Waals surface area contributed by atoms with E-state index in [9.17, 15) is 4.39 Å². The normalized spacial score (nSPS) is 15.5. The van der Waals surface area contributed by atoms with Gasteiger partial charge in [-0.3, -0.25) is 0 Å². The van der Waals surface area contributed by atoms with E-state index in [4.69, 9.17) is 11.6 Å². The van der Waals surface area contributed by atoms with Gasteiger partial charge in [-0.1, -0.05) is 44.2 Å². The van der Waals surface area contributed by atoms with Gasteiger partial charge in [0, 0.05) is 5.88 Å². The minimum atomic E-state index is -0.198. The van der Waals surface area contributed by atoms with Crippen LogP contribution in [0.25, 0.3) is 17.2 Å². The van der Waals surface area contributed by atoms with Crippen molar-refractivity contribution >= 4 is 28.8 Å². The van der Waals surface area contributed by atoms with Crippen LogP contribution in [-0.4, -0.2) is 5.88 Å². The van der Waals surface area contributed by atoms with Crippen molar-refractivity contribution in [2.45, 2.75) is 33.1 Å². The molecule has 0 aromatic heterocycles. The van der Waals surface area contributed by atoms with Gasteiger partial charge in [0.25, 0.3) is 0 Å². The topological polar surface area (TPSA) is 0 Å². The standard InChI is InChI=1S/C22H22ClF/c1-14(2)17-6-4-16(5-7-17)12-21-15(3)19(10-11-23)22-13-18(24)8-9-20(21)22/h4-9,12-14H,10-11H2,1-3H3/b21-12-. The molecule has 0 nitrogen and oxygen atoms in total. The van der Waals surface area contributed by atoms with Gasteiger partial charge in [0.2, 0.25) is 0 Å². The fourth-order valence-electron chi connectivity index (χ4n) is 3.31. The summed E-state index contributed by atoms with van der Waals surface area (Å²) < 4.78 is 13.7. The molecule has 0 unspecified atom stereocenters. The third-order valence-corrected chi connectivity index (χ3v) is 4.90. The maximum Gasteiger partial charge on any atom is 0.123 e. The molecule has 0 fully saturated rings. The molecular weight excluding hydrogens is 319 g/mol. The summed E-state index contributed by atoms with van der Waals surface area (Å²) in [6, 6.07) is 13.7. The Balaban J connectivity index is 2.07. The van der Waals surface area contributed by atoms with Gasteiger partial charge in [-0.05, 0) is 76.4 Å². The van der Waals surface area contributed by atoms with Crippen LogP contribution >= 0.6 is 11.6 Å². The van der Waals surface area contributed by atoms with Crippen LogP contribution in [0.15, 0.2) is 48.0 Å². The minimum Gasteiger partial charge on any atom is -0.207 e. The lowest BCUT2D eigenvalue weighted by Crippen LogP contribution is -1.88. The summed E-state index contributed by atoms with van der Waals surface area (Å²) in [6.45, 7) is 6.50. The van der Waals surface area contributed by atoms with E-state index in [2.05, 4.69) is 51.1 Å². The molecular formula is C22H22ClF. The van der Waals surface area contributed by atoms with Gasteiger partial charge in [-0.25, -0.2) is 4.39 Å². The first-order chi connectivity index (χ1) is 11.5. The Bertz CT molecular complexity index is 810. The number of alkyl halides is 1. The van der Waals surface area contributed by atoms with Crippen molar-refractivity contribution in [3.05, 3.63) is 76.1 Å². The largest absolute Gasteiger partial charge is 0.207 e. The highest BCUT2D eigenvalue weighted by Gasteiger charge is 2.23. The van der Waals surface area contributed by atoms with Gasteiger partial charge in [-0.2, -0.15) is 0 Å². The van der Waals surface area contributed by atoms with Crippen molar-refractivity contribution in [2.75, 3.05) is 5.88 Å². The van der Waals surface area contributed by atoms with E-state index in [1.165, 1.54) is 22.8 Å². The SMILES string of the molecule is CC1=C(CCCl)c2cc(F)ccc2/C1=C\c1ccc(C(C)C)cc1. The van der Waals surface area contributed by atoms with Crippen molar-refractivity contribution in [1.82, 2.24) is 0 Å². The average molecular weight is 341 g/mol. The number of benzene rings is 2. The van der Waals surface area contributed by atoms with Crippen LogP contribution < -0.4 is 0 Å². The zero-order valence-corrected chi connectivity index (χ0v) is 15.1. The maximum absolute atomic E-state index is 13.7. The number of hydrogen-bond donors (Lipinski definition) is 0. The summed E-state index contributed by atoms with van der Waals surface area (Å²) in [5, 5.41) is 0. The van der Waals surface area contributed by atoms with Gasteiger partial charge in [-0.15, -0.1) is 11.6 Å². The lowest BCUT2D eigenvalue weighted by molar-refractivity contribution is 0.627. The van der Waals surface area contributed by atoms with Crippen LogP contribution in [0, 0.1) is 5.82 Å². The van der Waals surface area contributed by atoms with E-state index in [1.807, 2.05) is 6.07 Å². The zero-order chi connectivity index (χ0) is 17.3. The number of halogens is 2. The van der Waals surface area contributed by atoms with Crippen LogP contribution in [0.3, 0.4) is 0 Å². The number of rotatable bonds is 4. The summed E-state index contributed by atoms with van der Waals surface area (Å²) in [5.41, 5.74) is 8.11. The van der Waals surface area contributed by atoms with Crippen molar-refractivity contribution < 1.29 is 4.39 Å². The van der Waals surface area contributed by atoms with Gasteiger partial charge in [0.05, 0.1) is 0 Å². The number of fused-ring (bicyclic) bond motifs is 1. The van der Waals surface area contributed by atoms with E-state index in [-0.39, 0.29) is 5.82 Å². The number of allylic oxidation sites excluding steroid dienone is 3. The Morgan fingerprint density at radius 1 is 1.04 bits per heavy atom. The molecule has 0 atom stereocenters. The second kappa shape index (κ2) is 6.94. The first-order valence-corrected chi connectivity index (χ1v) is 8.92. The molecule has 0 saturated heterocycles. The van der Waals surface area contributed by atoms with Crippen LogP contribution in [-0.2, 0) is 0 Å². The molecule has 0 bridgehead atoms. The van der Waals surface area contributed by atoms with Crippen LogP contribution in [0.4, 0.5) is 4.39 Å². The molecule has 24 heavy (non-hydrogen) atoms. The smallest absolute Gasteiger partial charge is 0.123 e. The van der Waals surface area contributed by atoms with E-state index < -0.39 is 0 Å². The summed E-state index contributed by atoms with van der Waals surface area (Å²) in [4.78, 5) is 0. The van der Waals surface area contributed by atoms with Crippen LogP contribution in [0.2, 0.25) is 0 Å². The van der Waals surface area contributed by atoms with E-state index >= 15 is 0 Å². The molecule has 0 radical (unpaired) electrons. The van der Waals surface area contributed by atoms with E-state index in [1.54, 1.807) is 6.07 Å². The van der Waals surface area contributed by atoms with Crippen molar-refractivity contribution in [3.63, 3.8) is 0 Å². The molecule has 0 N–H and O–H groups in total. The van der Waals surface area contributed by atoms with Crippen LogP contribution in [0.1, 0.15) is 55.4 Å². The third-order valence-electron chi connectivity index (χ3n) is 4.71. The Hall–Kier alpha value is -1.86. The fourth-order valence-corrected chi connectivity index (χ4v) is 3.50. The van der Waals surface area contributed by atoms with Crippen LogP contribution in [0.5, 0.6) is 0 Å². The lowest BCUT2D eigenvalue weighted by Gasteiger charge is -2.07. The molecule has 0 spiro atoms. The first kappa shape index (κ1) is 17.0. The Labute approximate surface area is 148 Å². The average Bonchev–Trinajstić information content (AvgIpc) is 2.81. The van der Waals surface area contributed by atoms with Gasteiger partial charge < -0.3 is 0 Å². The highest BCUT2D eigenvalue weighted by Crippen LogP contribution is 2.43. The highest BCUT2D eigenvalue weighted by atomic mass is 35.5. The summed E-state index contributed by atoms with van der Waals surface area (Å²) in [6.07, 6.45) is 2.95.